The average molecular weight is 381 g/mol. The van der Waals surface area contributed by atoms with Crippen molar-refractivity contribution in [3.05, 3.63) is 65.5 Å². The van der Waals surface area contributed by atoms with Crippen molar-refractivity contribution in [1.82, 2.24) is 10.2 Å². The quantitative estimate of drug-likeness (QED) is 0.737. The largest absolute Gasteiger partial charge is 0.349 e. The van der Waals surface area contributed by atoms with Crippen molar-refractivity contribution in [3.63, 3.8) is 0 Å². The monoisotopic (exact) mass is 381 g/mol. The maximum absolute atomic E-state index is 14.0. The van der Waals surface area contributed by atoms with Crippen molar-refractivity contribution in [2.45, 2.75) is 44.3 Å². The van der Waals surface area contributed by atoms with E-state index in [0.29, 0.717) is 29.4 Å². The summed E-state index contributed by atoms with van der Waals surface area (Å²) in [7, 11) is 0. The van der Waals surface area contributed by atoms with Crippen molar-refractivity contribution < 1.29 is 14.0 Å². The molecule has 0 heterocycles. The van der Waals surface area contributed by atoms with E-state index in [4.69, 9.17) is 0 Å². The third-order valence-electron chi connectivity index (χ3n) is 5.06. The van der Waals surface area contributed by atoms with E-state index in [1.165, 1.54) is 6.07 Å². The van der Waals surface area contributed by atoms with E-state index in [0.717, 1.165) is 25.7 Å². The average Bonchev–Trinajstić information content (AvgIpc) is 3.57. The van der Waals surface area contributed by atoms with Crippen LogP contribution in [0.4, 0.5) is 10.1 Å². The predicted molar refractivity (Wildman–Crippen MR) is 105 cm³/mol. The fraction of sp³-hybridized carbons (Fsp3) is 0.364. The second-order valence-corrected chi connectivity index (χ2v) is 7.60. The van der Waals surface area contributed by atoms with Crippen molar-refractivity contribution >= 4 is 17.5 Å². The van der Waals surface area contributed by atoms with E-state index in [1.54, 1.807) is 36.4 Å². The number of carbonyl (C=O) groups is 2. The van der Waals surface area contributed by atoms with Crippen LogP contribution in [0.1, 0.15) is 41.6 Å². The Bertz CT molecular complexity index is 878. The molecule has 146 valence electrons. The molecule has 2 aliphatic carbocycles. The number of halogens is 1. The minimum absolute atomic E-state index is 0.113. The normalized spacial score (nSPS) is 16.1. The van der Waals surface area contributed by atoms with E-state index in [2.05, 4.69) is 10.6 Å². The Morgan fingerprint density at radius 2 is 1.82 bits per heavy atom. The van der Waals surface area contributed by atoms with Crippen LogP contribution in [0.2, 0.25) is 0 Å². The van der Waals surface area contributed by atoms with Crippen molar-refractivity contribution in [2.75, 3.05) is 11.9 Å². The first-order valence-corrected chi connectivity index (χ1v) is 9.77. The van der Waals surface area contributed by atoms with E-state index in [-0.39, 0.29) is 30.2 Å². The molecule has 0 saturated heterocycles. The molecule has 6 heteroatoms. The molecule has 2 N–H and O–H groups in total. The summed E-state index contributed by atoms with van der Waals surface area (Å²) in [6.45, 7) is 0.603. The lowest BCUT2D eigenvalue weighted by molar-refractivity contribution is -0.117. The second-order valence-electron chi connectivity index (χ2n) is 7.60. The van der Waals surface area contributed by atoms with Gasteiger partial charge in [-0.15, -0.1) is 0 Å². The number of rotatable bonds is 8. The summed E-state index contributed by atoms with van der Waals surface area (Å²) < 4.78 is 14.0. The molecule has 0 bridgehead atoms. The van der Waals surface area contributed by atoms with Gasteiger partial charge >= 0.3 is 0 Å². The van der Waals surface area contributed by atoms with Crippen LogP contribution in [0, 0.1) is 5.82 Å². The van der Waals surface area contributed by atoms with Crippen molar-refractivity contribution in [3.8, 4) is 0 Å². The van der Waals surface area contributed by atoms with Crippen LogP contribution in [0.25, 0.3) is 0 Å². The molecular formula is C22H24FN3O2. The lowest BCUT2D eigenvalue weighted by atomic mass is 10.2. The number of anilines is 1. The van der Waals surface area contributed by atoms with Crippen molar-refractivity contribution in [1.29, 1.82) is 0 Å². The summed E-state index contributed by atoms with van der Waals surface area (Å²) in [5, 5.41) is 5.81. The Kier molecular flexibility index (Phi) is 5.39. The lowest BCUT2D eigenvalue weighted by Crippen LogP contribution is -2.34. The fourth-order valence-electron chi connectivity index (χ4n) is 3.22. The first-order valence-electron chi connectivity index (χ1n) is 9.77. The molecule has 0 aliphatic heterocycles. The molecule has 2 saturated carbocycles. The van der Waals surface area contributed by atoms with Gasteiger partial charge in [0.15, 0.2) is 0 Å². The Morgan fingerprint density at radius 1 is 1.04 bits per heavy atom. The van der Waals surface area contributed by atoms with Crippen LogP contribution >= 0.6 is 0 Å². The maximum Gasteiger partial charge on any atom is 0.251 e. The summed E-state index contributed by atoms with van der Waals surface area (Å²) in [5.74, 6) is -0.524. The minimum atomic E-state index is -0.247. The van der Waals surface area contributed by atoms with Gasteiger partial charge in [0.05, 0.1) is 6.54 Å². The molecule has 0 atom stereocenters. The number of amides is 2. The Morgan fingerprint density at radius 3 is 2.54 bits per heavy atom. The molecule has 0 unspecified atom stereocenters. The number of carbonyl (C=O) groups excluding carboxylic acids is 2. The van der Waals surface area contributed by atoms with Gasteiger partial charge in [-0.3, -0.25) is 14.5 Å². The molecule has 2 aliphatic rings. The van der Waals surface area contributed by atoms with Gasteiger partial charge < -0.3 is 10.6 Å². The maximum atomic E-state index is 14.0. The molecule has 28 heavy (non-hydrogen) atoms. The highest BCUT2D eigenvalue weighted by Gasteiger charge is 2.31. The smallest absolute Gasteiger partial charge is 0.251 e. The second kappa shape index (κ2) is 8.10. The van der Waals surface area contributed by atoms with Gasteiger partial charge in [-0.25, -0.2) is 4.39 Å². The topological polar surface area (TPSA) is 61.4 Å². The number of nitrogens with one attached hydrogen (secondary N) is 2. The minimum Gasteiger partial charge on any atom is -0.349 e. The zero-order valence-electron chi connectivity index (χ0n) is 15.7. The van der Waals surface area contributed by atoms with Crippen LogP contribution in [-0.2, 0) is 11.3 Å². The zero-order chi connectivity index (χ0) is 19.5. The van der Waals surface area contributed by atoms with Gasteiger partial charge in [0.1, 0.15) is 5.82 Å². The highest BCUT2D eigenvalue weighted by atomic mass is 19.1. The number of hydrogen-bond donors (Lipinski definition) is 2. The molecule has 0 radical (unpaired) electrons. The number of benzene rings is 2. The van der Waals surface area contributed by atoms with Gasteiger partial charge in [-0.05, 0) is 49.9 Å². The SMILES string of the molecule is O=C(CN(Cc1ccccc1F)C1CC1)Nc1cccc(C(=O)NC2CC2)c1. The molecule has 0 aromatic heterocycles. The first-order chi connectivity index (χ1) is 13.6. The molecule has 4 rings (SSSR count). The lowest BCUT2D eigenvalue weighted by Gasteiger charge is -2.22. The molecule has 2 aromatic carbocycles. The molecule has 5 nitrogen and oxygen atoms in total. The first kappa shape index (κ1) is 18.6. The Labute approximate surface area is 163 Å². The summed E-state index contributed by atoms with van der Waals surface area (Å²) in [4.78, 5) is 26.7. The summed E-state index contributed by atoms with van der Waals surface area (Å²) in [6, 6.07) is 14.2. The van der Waals surface area contributed by atoms with Gasteiger partial charge in [-0.2, -0.15) is 0 Å². The molecule has 2 amide bonds. The third-order valence-corrected chi connectivity index (χ3v) is 5.06. The van der Waals surface area contributed by atoms with Gasteiger partial charge in [0, 0.05) is 35.4 Å². The van der Waals surface area contributed by atoms with Crippen LogP contribution in [0.15, 0.2) is 48.5 Å². The van der Waals surface area contributed by atoms with E-state index in [9.17, 15) is 14.0 Å². The number of hydrogen-bond acceptors (Lipinski definition) is 3. The molecular weight excluding hydrogens is 357 g/mol. The standard InChI is InChI=1S/C22H24FN3O2/c23-20-7-2-1-4-16(20)13-26(19-10-11-19)14-21(27)24-18-6-3-5-15(12-18)22(28)25-17-8-9-17/h1-7,12,17,19H,8-11,13-14H2,(H,24,27)(H,25,28). The predicted octanol–water partition coefficient (Wildman–Crippen LogP) is 3.32. The molecule has 2 aromatic rings. The van der Waals surface area contributed by atoms with Gasteiger partial charge in [0.2, 0.25) is 5.91 Å². The van der Waals surface area contributed by atoms with Crippen LogP contribution in [-0.4, -0.2) is 35.3 Å². The summed E-state index contributed by atoms with van der Waals surface area (Å²) >= 11 is 0. The van der Waals surface area contributed by atoms with E-state index in [1.807, 2.05) is 11.0 Å². The molecule has 0 spiro atoms. The van der Waals surface area contributed by atoms with Gasteiger partial charge in [0.25, 0.3) is 5.91 Å². The third kappa shape index (κ3) is 4.95. The fourth-order valence-corrected chi connectivity index (χ4v) is 3.22. The number of nitrogens with zero attached hydrogens (tertiary/aromatic N) is 1. The Hall–Kier alpha value is -2.73. The molecule has 2 fully saturated rings. The highest BCUT2D eigenvalue weighted by molar-refractivity contribution is 5.97. The summed E-state index contributed by atoms with van der Waals surface area (Å²) in [5.41, 5.74) is 1.73. The summed E-state index contributed by atoms with van der Waals surface area (Å²) in [6.07, 6.45) is 4.11. The highest BCUT2D eigenvalue weighted by Crippen LogP contribution is 2.28. The zero-order valence-corrected chi connectivity index (χ0v) is 15.7. The van der Waals surface area contributed by atoms with E-state index >= 15 is 0 Å². The Balaban J connectivity index is 1.37. The van der Waals surface area contributed by atoms with Crippen LogP contribution < -0.4 is 10.6 Å². The van der Waals surface area contributed by atoms with E-state index < -0.39 is 0 Å². The van der Waals surface area contributed by atoms with Crippen LogP contribution in [0.5, 0.6) is 0 Å². The van der Waals surface area contributed by atoms with Crippen molar-refractivity contribution in [2.24, 2.45) is 0 Å². The van der Waals surface area contributed by atoms with Crippen LogP contribution in [0.3, 0.4) is 0 Å². The van der Waals surface area contributed by atoms with Gasteiger partial charge in [-0.1, -0.05) is 24.3 Å².